The molecule has 19 heavy (non-hydrogen) atoms. The fraction of sp³-hybridized carbons (Fsp3) is 0.500. The normalized spacial score (nSPS) is 12.6. The van der Waals surface area contributed by atoms with Gasteiger partial charge in [-0.15, -0.1) is 0 Å². The Kier molecular flexibility index (Phi) is 4.63. The Morgan fingerprint density at radius 3 is 3.00 bits per heavy atom. The van der Waals surface area contributed by atoms with Gasteiger partial charge in [0.1, 0.15) is 5.69 Å². The predicted molar refractivity (Wildman–Crippen MR) is 73.7 cm³/mol. The van der Waals surface area contributed by atoms with Crippen LogP contribution in [0.1, 0.15) is 31.7 Å². The van der Waals surface area contributed by atoms with Gasteiger partial charge in [0.25, 0.3) is 0 Å². The topological polar surface area (TPSA) is 63.8 Å². The molecule has 0 aliphatic heterocycles. The molecule has 1 N–H and O–H groups in total. The Bertz CT molecular complexity index is 524. The van der Waals surface area contributed by atoms with Crippen LogP contribution < -0.4 is 5.32 Å². The summed E-state index contributed by atoms with van der Waals surface area (Å²) < 4.78 is 5.28. The van der Waals surface area contributed by atoms with E-state index >= 15 is 0 Å². The van der Waals surface area contributed by atoms with Gasteiger partial charge in [-0.2, -0.15) is 4.98 Å². The second kappa shape index (κ2) is 6.43. The first kappa shape index (κ1) is 13.7. The second-order valence-corrected chi connectivity index (χ2v) is 4.60. The monoisotopic (exact) mass is 260 g/mol. The molecule has 1 unspecified atom stereocenters. The summed E-state index contributed by atoms with van der Waals surface area (Å²) in [5.74, 6) is 1.26. The van der Waals surface area contributed by atoms with Crippen molar-refractivity contribution in [3.8, 4) is 11.5 Å². The third kappa shape index (κ3) is 3.38. The maximum absolute atomic E-state index is 5.28. The highest BCUT2D eigenvalue weighted by Crippen LogP contribution is 2.18. The second-order valence-electron chi connectivity index (χ2n) is 4.60. The zero-order valence-corrected chi connectivity index (χ0v) is 11.7. The van der Waals surface area contributed by atoms with E-state index in [1.165, 1.54) is 0 Å². The van der Waals surface area contributed by atoms with E-state index in [2.05, 4.69) is 34.3 Å². The number of nitrogens with zero attached hydrogens (tertiary/aromatic N) is 3. The molecule has 0 aliphatic carbocycles. The lowest BCUT2D eigenvalue weighted by molar-refractivity contribution is 0.369. The quantitative estimate of drug-likeness (QED) is 0.863. The van der Waals surface area contributed by atoms with E-state index < -0.39 is 0 Å². The van der Waals surface area contributed by atoms with Crippen molar-refractivity contribution in [1.82, 2.24) is 20.4 Å². The first-order chi connectivity index (χ1) is 9.24. The highest BCUT2D eigenvalue weighted by Gasteiger charge is 2.13. The van der Waals surface area contributed by atoms with Crippen molar-refractivity contribution in [2.24, 2.45) is 0 Å². The van der Waals surface area contributed by atoms with E-state index in [0.717, 1.165) is 30.5 Å². The van der Waals surface area contributed by atoms with E-state index in [9.17, 15) is 0 Å². The zero-order valence-electron chi connectivity index (χ0n) is 11.7. The van der Waals surface area contributed by atoms with Gasteiger partial charge in [0.15, 0.2) is 0 Å². The van der Waals surface area contributed by atoms with Gasteiger partial charge in [0.2, 0.25) is 11.7 Å². The maximum Gasteiger partial charge on any atom is 0.227 e. The number of aryl methyl sites for hydroxylation is 2. The number of hydrogen-bond acceptors (Lipinski definition) is 5. The number of rotatable bonds is 6. The Morgan fingerprint density at radius 2 is 2.26 bits per heavy atom. The van der Waals surface area contributed by atoms with Gasteiger partial charge in [-0.1, -0.05) is 18.1 Å². The van der Waals surface area contributed by atoms with E-state index in [1.54, 1.807) is 6.20 Å². The van der Waals surface area contributed by atoms with Crippen LogP contribution in [0.25, 0.3) is 11.5 Å². The van der Waals surface area contributed by atoms with Gasteiger partial charge in [-0.05, 0) is 38.4 Å². The number of nitrogens with one attached hydrogen (secondary N) is 1. The summed E-state index contributed by atoms with van der Waals surface area (Å²) in [6, 6.07) is 4.41. The Morgan fingerprint density at radius 1 is 1.42 bits per heavy atom. The molecule has 0 saturated heterocycles. The van der Waals surface area contributed by atoms with Crippen LogP contribution in [0.3, 0.4) is 0 Å². The lowest BCUT2D eigenvalue weighted by Gasteiger charge is -2.06. The van der Waals surface area contributed by atoms with E-state index in [0.29, 0.717) is 17.8 Å². The molecular formula is C14H20N4O. The van der Waals surface area contributed by atoms with Crippen LogP contribution in [0.2, 0.25) is 0 Å². The van der Waals surface area contributed by atoms with Crippen LogP contribution in [0.4, 0.5) is 0 Å². The van der Waals surface area contributed by atoms with E-state index in [4.69, 9.17) is 4.52 Å². The van der Waals surface area contributed by atoms with Crippen molar-refractivity contribution in [1.29, 1.82) is 0 Å². The van der Waals surface area contributed by atoms with Gasteiger partial charge in [-0.25, -0.2) is 0 Å². The summed E-state index contributed by atoms with van der Waals surface area (Å²) in [5, 5.41) is 7.22. The smallest absolute Gasteiger partial charge is 0.227 e. The van der Waals surface area contributed by atoms with Gasteiger partial charge >= 0.3 is 0 Å². The summed E-state index contributed by atoms with van der Waals surface area (Å²) in [7, 11) is 1.95. The Hall–Kier alpha value is -1.75. The molecule has 0 aromatic carbocycles. The molecule has 2 heterocycles. The van der Waals surface area contributed by atoms with Crippen LogP contribution in [0.5, 0.6) is 0 Å². The van der Waals surface area contributed by atoms with Gasteiger partial charge in [-0.3, -0.25) is 4.98 Å². The Labute approximate surface area is 113 Å². The molecule has 2 aromatic rings. The molecular weight excluding hydrogens is 240 g/mol. The zero-order chi connectivity index (χ0) is 13.7. The standard InChI is InChI=1S/C14H20N4O/c1-4-11-6-5-9-16-13(11)14-17-12(19-18-14)8-7-10(2)15-3/h5-6,9-10,15H,4,7-8H2,1-3H3. The van der Waals surface area contributed by atoms with Crippen LogP contribution in [0.15, 0.2) is 22.9 Å². The first-order valence-corrected chi connectivity index (χ1v) is 6.68. The molecule has 5 nitrogen and oxygen atoms in total. The summed E-state index contributed by atoms with van der Waals surface area (Å²) in [4.78, 5) is 8.77. The SMILES string of the molecule is CCc1cccnc1-c1noc(CCC(C)NC)n1. The molecule has 5 heteroatoms. The molecule has 0 bridgehead atoms. The summed E-state index contributed by atoms with van der Waals surface area (Å²) in [5.41, 5.74) is 1.96. The molecule has 2 rings (SSSR count). The largest absolute Gasteiger partial charge is 0.339 e. The third-order valence-corrected chi connectivity index (χ3v) is 3.24. The molecule has 0 fully saturated rings. The maximum atomic E-state index is 5.28. The van der Waals surface area contributed by atoms with Crippen molar-refractivity contribution in [2.75, 3.05) is 7.05 Å². The molecule has 0 spiro atoms. The van der Waals surface area contributed by atoms with Gasteiger partial charge in [0, 0.05) is 18.7 Å². The predicted octanol–water partition coefficient (Wildman–Crippen LogP) is 2.23. The summed E-state index contributed by atoms with van der Waals surface area (Å²) >= 11 is 0. The van der Waals surface area contributed by atoms with Crippen molar-refractivity contribution >= 4 is 0 Å². The molecule has 1 atom stereocenters. The average Bonchev–Trinajstić information content (AvgIpc) is 2.93. The summed E-state index contributed by atoms with van der Waals surface area (Å²) in [6.07, 6.45) is 4.42. The summed E-state index contributed by atoms with van der Waals surface area (Å²) in [6.45, 7) is 4.22. The fourth-order valence-electron chi connectivity index (χ4n) is 1.86. The van der Waals surface area contributed by atoms with Crippen LogP contribution in [-0.4, -0.2) is 28.2 Å². The minimum Gasteiger partial charge on any atom is -0.339 e. The van der Waals surface area contributed by atoms with Crippen LogP contribution >= 0.6 is 0 Å². The van der Waals surface area contributed by atoms with Crippen molar-refractivity contribution < 1.29 is 4.52 Å². The van der Waals surface area contributed by atoms with E-state index in [-0.39, 0.29) is 0 Å². The molecule has 102 valence electrons. The van der Waals surface area contributed by atoms with Crippen molar-refractivity contribution in [2.45, 2.75) is 39.2 Å². The van der Waals surface area contributed by atoms with Crippen LogP contribution in [0, 0.1) is 0 Å². The molecule has 0 aliphatic rings. The molecule has 2 aromatic heterocycles. The minimum absolute atomic E-state index is 0.441. The highest BCUT2D eigenvalue weighted by molar-refractivity contribution is 5.53. The highest BCUT2D eigenvalue weighted by atomic mass is 16.5. The lowest BCUT2D eigenvalue weighted by Crippen LogP contribution is -2.21. The molecule has 0 saturated carbocycles. The van der Waals surface area contributed by atoms with Crippen molar-refractivity contribution in [3.05, 3.63) is 29.8 Å². The Balaban J connectivity index is 2.12. The number of pyridine rings is 1. The van der Waals surface area contributed by atoms with Crippen molar-refractivity contribution in [3.63, 3.8) is 0 Å². The third-order valence-electron chi connectivity index (χ3n) is 3.24. The number of aromatic nitrogens is 3. The van der Waals surface area contributed by atoms with Gasteiger partial charge < -0.3 is 9.84 Å². The molecule has 0 radical (unpaired) electrons. The average molecular weight is 260 g/mol. The lowest BCUT2D eigenvalue weighted by atomic mass is 10.1. The van der Waals surface area contributed by atoms with Crippen LogP contribution in [-0.2, 0) is 12.8 Å². The first-order valence-electron chi connectivity index (χ1n) is 6.68. The molecule has 0 amide bonds. The minimum atomic E-state index is 0.441. The fourth-order valence-corrected chi connectivity index (χ4v) is 1.86. The van der Waals surface area contributed by atoms with E-state index in [1.807, 2.05) is 19.2 Å². The van der Waals surface area contributed by atoms with Gasteiger partial charge in [0.05, 0.1) is 0 Å². The number of hydrogen-bond donors (Lipinski definition) is 1.